The molecule has 0 radical (unpaired) electrons. The number of carbonyl (C=O) groups is 1. The van der Waals surface area contributed by atoms with Crippen LogP contribution in [0.25, 0.3) is 11.4 Å². The normalized spacial score (nSPS) is 16.1. The first kappa shape index (κ1) is 18.1. The Labute approximate surface area is 162 Å². The van der Waals surface area contributed by atoms with E-state index in [-0.39, 0.29) is 18.5 Å². The molecule has 4 rings (SSSR count). The number of benzene rings is 1. The molecule has 1 aliphatic rings. The molecule has 28 heavy (non-hydrogen) atoms. The summed E-state index contributed by atoms with van der Waals surface area (Å²) in [5.41, 5.74) is 1.77. The summed E-state index contributed by atoms with van der Waals surface area (Å²) < 4.78 is 11.1. The standard InChI is InChI=1S/C20H21N5O3/c26-20(17-7-3-9-22-17)23-12-18-24-19(25-28-18)15-5-1-6-16(10-15)27-13-14-4-2-8-21-11-14/h1-2,4-6,8,10-11,17,22H,3,7,9,12-13H2,(H,23,26). The smallest absolute Gasteiger partial charge is 0.246 e. The summed E-state index contributed by atoms with van der Waals surface area (Å²) in [6.45, 7) is 1.51. The highest BCUT2D eigenvalue weighted by atomic mass is 16.5. The maximum absolute atomic E-state index is 12.0. The molecule has 8 heteroatoms. The fourth-order valence-corrected chi connectivity index (χ4v) is 3.01. The summed E-state index contributed by atoms with van der Waals surface area (Å²) in [6, 6.07) is 11.2. The maximum atomic E-state index is 12.0. The number of aromatic nitrogens is 3. The Bertz CT molecular complexity index is 922. The van der Waals surface area contributed by atoms with Crippen LogP contribution in [0.4, 0.5) is 0 Å². The molecule has 3 aromatic rings. The van der Waals surface area contributed by atoms with Crippen LogP contribution in [-0.4, -0.2) is 33.6 Å². The monoisotopic (exact) mass is 379 g/mol. The van der Waals surface area contributed by atoms with Gasteiger partial charge in [-0.15, -0.1) is 0 Å². The molecule has 0 saturated carbocycles. The molecule has 1 atom stereocenters. The van der Waals surface area contributed by atoms with Crippen LogP contribution in [-0.2, 0) is 17.9 Å². The Morgan fingerprint density at radius 2 is 2.29 bits per heavy atom. The second kappa shape index (κ2) is 8.62. The molecule has 8 nitrogen and oxygen atoms in total. The first-order valence-electron chi connectivity index (χ1n) is 9.24. The van der Waals surface area contributed by atoms with Crippen LogP contribution in [0.2, 0.25) is 0 Å². The molecule has 0 bridgehead atoms. The van der Waals surface area contributed by atoms with E-state index < -0.39 is 0 Å². The van der Waals surface area contributed by atoms with E-state index in [0.29, 0.717) is 24.1 Å². The lowest BCUT2D eigenvalue weighted by molar-refractivity contribution is -0.123. The lowest BCUT2D eigenvalue weighted by Crippen LogP contribution is -2.40. The molecule has 1 amide bonds. The zero-order valence-electron chi connectivity index (χ0n) is 15.3. The first-order chi connectivity index (χ1) is 13.8. The van der Waals surface area contributed by atoms with Crippen molar-refractivity contribution in [3.05, 3.63) is 60.2 Å². The number of hydrogen-bond acceptors (Lipinski definition) is 7. The van der Waals surface area contributed by atoms with Gasteiger partial charge in [-0.3, -0.25) is 9.78 Å². The molecule has 2 N–H and O–H groups in total. The van der Waals surface area contributed by atoms with Crippen LogP contribution in [0.5, 0.6) is 5.75 Å². The summed E-state index contributed by atoms with van der Waals surface area (Å²) in [6.07, 6.45) is 5.37. The van der Waals surface area contributed by atoms with Crippen molar-refractivity contribution in [3.63, 3.8) is 0 Å². The van der Waals surface area contributed by atoms with Crippen molar-refractivity contribution in [3.8, 4) is 17.1 Å². The van der Waals surface area contributed by atoms with Gasteiger partial charge >= 0.3 is 0 Å². The highest BCUT2D eigenvalue weighted by Gasteiger charge is 2.22. The lowest BCUT2D eigenvalue weighted by atomic mass is 10.2. The minimum Gasteiger partial charge on any atom is -0.489 e. The van der Waals surface area contributed by atoms with Gasteiger partial charge in [0.25, 0.3) is 0 Å². The van der Waals surface area contributed by atoms with Crippen LogP contribution >= 0.6 is 0 Å². The van der Waals surface area contributed by atoms with Crippen molar-refractivity contribution in [2.45, 2.75) is 32.0 Å². The van der Waals surface area contributed by atoms with Crippen LogP contribution in [0.15, 0.2) is 53.3 Å². The van der Waals surface area contributed by atoms with E-state index in [0.717, 1.165) is 30.5 Å². The minimum atomic E-state index is -0.129. The highest BCUT2D eigenvalue weighted by molar-refractivity contribution is 5.81. The molecule has 1 aliphatic heterocycles. The molecule has 0 spiro atoms. The zero-order valence-corrected chi connectivity index (χ0v) is 15.3. The largest absolute Gasteiger partial charge is 0.489 e. The molecule has 2 aromatic heterocycles. The Morgan fingerprint density at radius 3 is 3.11 bits per heavy atom. The van der Waals surface area contributed by atoms with E-state index >= 15 is 0 Å². The number of hydrogen-bond donors (Lipinski definition) is 2. The number of pyridine rings is 1. The number of ether oxygens (including phenoxy) is 1. The van der Waals surface area contributed by atoms with Gasteiger partial charge in [0.2, 0.25) is 17.6 Å². The van der Waals surface area contributed by atoms with E-state index in [1.54, 1.807) is 12.4 Å². The number of nitrogens with one attached hydrogen (secondary N) is 2. The van der Waals surface area contributed by atoms with Crippen LogP contribution < -0.4 is 15.4 Å². The van der Waals surface area contributed by atoms with Crippen LogP contribution in [0.1, 0.15) is 24.3 Å². The number of carbonyl (C=O) groups excluding carboxylic acids is 1. The molecule has 1 unspecified atom stereocenters. The molecule has 1 fully saturated rings. The predicted octanol–water partition coefficient (Wildman–Crippen LogP) is 2.08. The Hall–Kier alpha value is -3.26. The van der Waals surface area contributed by atoms with Gasteiger partial charge in [-0.2, -0.15) is 4.98 Å². The minimum absolute atomic E-state index is 0.0388. The number of nitrogens with zero attached hydrogens (tertiary/aromatic N) is 3. The molecule has 144 valence electrons. The SMILES string of the molecule is O=C(NCc1nc(-c2cccc(OCc3cccnc3)c2)no1)C1CCCN1. The summed E-state index contributed by atoms with van der Waals surface area (Å²) in [4.78, 5) is 20.5. The van der Waals surface area contributed by atoms with E-state index in [1.807, 2.05) is 36.4 Å². The average molecular weight is 379 g/mol. The van der Waals surface area contributed by atoms with Gasteiger partial charge in [0, 0.05) is 23.5 Å². The van der Waals surface area contributed by atoms with Gasteiger partial charge < -0.3 is 19.9 Å². The fraction of sp³-hybridized carbons (Fsp3) is 0.300. The molecule has 0 aliphatic carbocycles. The first-order valence-corrected chi connectivity index (χ1v) is 9.24. The van der Waals surface area contributed by atoms with E-state index in [1.165, 1.54) is 0 Å². The second-order valence-electron chi connectivity index (χ2n) is 6.56. The van der Waals surface area contributed by atoms with Gasteiger partial charge in [0.05, 0.1) is 12.6 Å². The molecule has 3 heterocycles. The highest BCUT2D eigenvalue weighted by Crippen LogP contribution is 2.22. The summed E-state index contributed by atoms with van der Waals surface area (Å²) in [7, 11) is 0. The number of amides is 1. The van der Waals surface area contributed by atoms with E-state index in [4.69, 9.17) is 9.26 Å². The third kappa shape index (κ3) is 4.52. The van der Waals surface area contributed by atoms with Gasteiger partial charge in [0.15, 0.2) is 0 Å². The lowest BCUT2D eigenvalue weighted by Gasteiger charge is -2.08. The topological polar surface area (TPSA) is 102 Å². The molecular weight excluding hydrogens is 358 g/mol. The summed E-state index contributed by atoms with van der Waals surface area (Å²) in [5.74, 6) is 1.48. The van der Waals surface area contributed by atoms with Gasteiger partial charge in [-0.05, 0) is 37.6 Å². The summed E-state index contributed by atoms with van der Waals surface area (Å²) >= 11 is 0. The Kier molecular flexibility index (Phi) is 5.58. The van der Waals surface area contributed by atoms with E-state index in [9.17, 15) is 4.79 Å². The van der Waals surface area contributed by atoms with Crippen LogP contribution in [0, 0.1) is 0 Å². The van der Waals surface area contributed by atoms with Gasteiger partial charge in [-0.1, -0.05) is 23.4 Å². The summed E-state index contributed by atoms with van der Waals surface area (Å²) in [5, 5.41) is 9.99. The average Bonchev–Trinajstić information content (AvgIpc) is 3.44. The third-order valence-corrected chi connectivity index (χ3v) is 4.48. The van der Waals surface area contributed by atoms with Crippen molar-refractivity contribution in [2.75, 3.05) is 6.54 Å². The maximum Gasteiger partial charge on any atom is 0.246 e. The van der Waals surface area contributed by atoms with Gasteiger partial charge in [0.1, 0.15) is 12.4 Å². The Balaban J connectivity index is 1.36. The third-order valence-electron chi connectivity index (χ3n) is 4.48. The Morgan fingerprint density at radius 1 is 1.32 bits per heavy atom. The number of rotatable bonds is 7. The second-order valence-corrected chi connectivity index (χ2v) is 6.56. The molecule has 1 aromatic carbocycles. The van der Waals surface area contributed by atoms with Crippen molar-refractivity contribution in [1.82, 2.24) is 25.8 Å². The predicted molar refractivity (Wildman–Crippen MR) is 101 cm³/mol. The van der Waals surface area contributed by atoms with Crippen molar-refractivity contribution in [2.24, 2.45) is 0 Å². The molecule has 1 saturated heterocycles. The fourth-order valence-electron chi connectivity index (χ4n) is 3.01. The quantitative estimate of drug-likeness (QED) is 0.648. The van der Waals surface area contributed by atoms with Crippen molar-refractivity contribution < 1.29 is 14.1 Å². The zero-order chi connectivity index (χ0) is 19.2. The van der Waals surface area contributed by atoms with E-state index in [2.05, 4.69) is 25.8 Å². The van der Waals surface area contributed by atoms with Gasteiger partial charge in [-0.25, -0.2) is 0 Å². The van der Waals surface area contributed by atoms with Crippen LogP contribution in [0.3, 0.4) is 0 Å². The van der Waals surface area contributed by atoms with Crippen molar-refractivity contribution >= 4 is 5.91 Å². The van der Waals surface area contributed by atoms with Crippen molar-refractivity contribution in [1.29, 1.82) is 0 Å². The molecular formula is C20H21N5O3.